The Hall–Kier alpha value is -8.67. The number of furan rings is 1. The molecule has 0 spiro atoms. The summed E-state index contributed by atoms with van der Waals surface area (Å²) in [6, 6.07) is 76.6. The van der Waals surface area contributed by atoms with Gasteiger partial charge in [0.15, 0.2) is 11.4 Å². The van der Waals surface area contributed by atoms with E-state index in [0.717, 1.165) is 94.4 Å². The minimum Gasteiger partial charge on any atom is -0.454 e. The van der Waals surface area contributed by atoms with Crippen LogP contribution in [0.3, 0.4) is 0 Å². The van der Waals surface area contributed by atoms with Crippen LogP contribution >= 0.6 is 0 Å². The van der Waals surface area contributed by atoms with Gasteiger partial charge in [0.2, 0.25) is 0 Å². The molecule has 298 valence electrons. The van der Waals surface area contributed by atoms with Gasteiger partial charge in [0, 0.05) is 54.9 Å². The Morgan fingerprint density at radius 2 is 0.969 bits per heavy atom. The lowest BCUT2D eigenvalue weighted by Crippen LogP contribution is -1.98. The summed E-state index contributed by atoms with van der Waals surface area (Å²) in [6.07, 6.45) is 0. The lowest BCUT2D eigenvalue weighted by atomic mass is 9.94. The van der Waals surface area contributed by atoms with Gasteiger partial charge >= 0.3 is 0 Å². The molecule has 0 radical (unpaired) electrons. The van der Waals surface area contributed by atoms with Crippen molar-refractivity contribution >= 4 is 65.4 Å². The molecule has 0 amide bonds. The second-order valence-electron chi connectivity index (χ2n) is 16.3. The zero-order chi connectivity index (χ0) is 42.1. The fourth-order valence-corrected chi connectivity index (χ4v) is 9.67. The van der Waals surface area contributed by atoms with Gasteiger partial charge in [-0.05, 0) is 64.4 Å². The van der Waals surface area contributed by atoms with E-state index < -0.39 is 0 Å². The maximum Gasteiger partial charge on any atom is 0.162 e. The van der Waals surface area contributed by atoms with Crippen molar-refractivity contribution < 1.29 is 4.42 Å². The van der Waals surface area contributed by atoms with E-state index in [1.54, 1.807) is 0 Å². The van der Waals surface area contributed by atoms with E-state index >= 15 is 0 Å². The highest BCUT2D eigenvalue weighted by Crippen LogP contribution is 2.44. The number of aromatic nitrogens is 4. The number of para-hydroxylation sites is 3. The first-order valence-electron chi connectivity index (χ1n) is 21.6. The molecule has 0 aliphatic carbocycles. The molecule has 0 aliphatic heterocycles. The summed E-state index contributed by atoms with van der Waals surface area (Å²) in [5, 5.41) is 7.98. The molecule has 0 atom stereocenters. The first-order valence-corrected chi connectivity index (χ1v) is 21.6. The van der Waals surface area contributed by atoms with Gasteiger partial charge < -0.3 is 8.98 Å². The van der Waals surface area contributed by atoms with Crippen molar-refractivity contribution in [2.75, 3.05) is 0 Å². The van der Waals surface area contributed by atoms with Crippen LogP contribution in [0.5, 0.6) is 0 Å². The van der Waals surface area contributed by atoms with Gasteiger partial charge in [-0.3, -0.25) is 0 Å². The van der Waals surface area contributed by atoms with Gasteiger partial charge in [0.05, 0.1) is 27.9 Å². The third-order valence-corrected chi connectivity index (χ3v) is 12.6. The summed E-state index contributed by atoms with van der Waals surface area (Å²) in [5.41, 5.74) is 14.7. The zero-order valence-electron chi connectivity index (χ0n) is 34.5. The van der Waals surface area contributed by atoms with Gasteiger partial charge in [0.1, 0.15) is 11.3 Å². The van der Waals surface area contributed by atoms with Crippen LogP contribution in [0.4, 0.5) is 0 Å². The molecule has 0 saturated carbocycles. The second kappa shape index (κ2) is 14.5. The molecule has 5 nitrogen and oxygen atoms in total. The molecule has 5 heteroatoms. The van der Waals surface area contributed by atoms with Crippen LogP contribution < -0.4 is 0 Å². The SMILES string of the molecule is c1ccc(-c2nc(-c3ccc(-c4cccc5nc(-c6cccc7ccccc67)c6oc7ccccc7c6c45)cc3)cc(-c3cccc(-n4c5ccccc5c5ccccc54)c3)n2)cc1. The van der Waals surface area contributed by atoms with E-state index in [2.05, 4.69) is 193 Å². The fraction of sp³-hybridized carbons (Fsp3) is 0. The first kappa shape index (κ1) is 36.0. The maximum absolute atomic E-state index is 6.75. The predicted octanol–water partition coefficient (Wildman–Crippen LogP) is 15.5. The molecule has 13 aromatic rings. The number of nitrogens with zero attached hydrogens (tertiary/aromatic N) is 4. The normalized spacial score (nSPS) is 11.8. The number of hydrogen-bond acceptors (Lipinski definition) is 4. The molecule has 13 rings (SSSR count). The number of benzene rings is 9. The number of fused-ring (bicyclic) bond motifs is 9. The number of pyridine rings is 1. The molecule has 4 heterocycles. The van der Waals surface area contributed by atoms with Crippen LogP contribution in [0.1, 0.15) is 0 Å². The van der Waals surface area contributed by atoms with Gasteiger partial charge in [-0.25, -0.2) is 15.0 Å². The van der Waals surface area contributed by atoms with Crippen molar-refractivity contribution in [2.45, 2.75) is 0 Å². The molecule has 4 aromatic heterocycles. The lowest BCUT2D eigenvalue weighted by Gasteiger charge is -2.13. The van der Waals surface area contributed by atoms with Crippen LogP contribution in [-0.2, 0) is 0 Å². The van der Waals surface area contributed by atoms with Gasteiger partial charge in [-0.1, -0.05) is 176 Å². The van der Waals surface area contributed by atoms with Crippen molar-refractivity contribution in [1.29, 1.82) is 0 Å². The van der Waals surface area contributed by atoms with Gasteiger partial charge in [-0.15, -0.1) is 0 Å². The highest BCUT2D eigenvalue weighted by Gasteiger charge is 2.22. The fourth-order valence-electron chi connectivity index (χ4n) is 9.67. The van der Waals surface area contributed by atoms with Crippen LogP contribution in [0.2, 0.25) is 0 Å². The zero-order valence-corrected chi connectivity index (χ0v) is 34.5. The Kier molecular flexibility index (Phi) is 8.15. The van der Waals surface area contributed by atoms with Crippen molar-refractivity contribution in [3.63, 3.8) is 0 Å². The Balaban J connectivity index is 0.951. The topological polar surface area (TPSA) is 56.7 Å². The predicted molar refractivity (Wildman–Crippen MR) is 264 cm³/mol. The number of rotatable bonds is 6. The average Bonchev–Trinajstić information content (AvgIpc) is 3.93. The van der Waals surface area contributed by atoms with Crippen molar-refractivity contribution in [3.05, 3.63) is 218 Å². The third-order valence-electron chi connectivity index (χ3n) is 12.6. The largest absolute Gasteiger partial charge is 0.454 e. The average molecular weight is 817 g/mol. The third kappa shape index (κ3) is 5.75. The quantitative estimate of drug-likeness (QED) is 0.168. The van der Waals surface area contributed by atoms with E-state index in [9.17, 15) is 0 Å². The van der Waals surface area contributed by atoms with E-state index in [4.69, 9.17) is 19.4 Å². The van der Waals surface area contributed by atoms with Gasteiger partial charge in [-0.2, -0.15) is 0 Å². The Bertz CT molecular complexity index is 3900. The van der Waals surface area contributed by atoms with Crippen LogP contribution in [-0.4, -0.2) is 19.5 Å². The van der Waals surface area contributed by atoms with Crippen molar-refractivity contribution in [3.8, 4) is 62.0 Å². The minimum atomic E-state index is 0.677. The molecule has 0 bridgehead atoms. The molecule has 64 heavy (non-hydrogen) atoms. The summed E-state index contributed by atoms with van der Waals surface area (Å²) in [6.45, 7) is 0. The highest BCUT2D eigenvalue weighted by atomic mass is 16.3. The molecule has 0 saturated heterocycles. The highest BCUT2D eigenvalue weighted by molar-refractivity contribution is 6.25. The Labute approximate surface area is 368 Å². The standard InChI is InChI=1S/C59H36N4O/c1-2-16-40(17-3-1)59-61-50(36-51(62-59)41-19-12-20-42(35-41)63-52-28-9-6-22-45(52)46-23-7-10-29-53(46)63)39-33-31-38(32-34-39)44-25-14-27-49-55(44)56-48-24-8-11-30-54(48)64-58(56)57(60-49)47-26-13-18-37-15-4-5-21-43(37)47/h1-36H. The first-order chi connectivity index (χ1) is 31.7. The smallest absolute Gasteiger partial charge is 0.162 e. The van der Waals surface area contributed by atoms with E-state index in [1.165, 1.54) is 27.2 Å². The molecule has 0 aliphatic rings. The molecule has 0 fully saturated rings. The summed E-state index contributed by atoms with van der Waals surface area (Å²) in [7, 11) is 0. The van der Waals surface area contributed by atoms with Crippen LogP contribution in [0.15, 0.2) is 223 Å². The van der Waals surface area contributed by atoms with E-state index in [0.29, 0.717) is 5.82 Å². The molecule has 0 N–H and O–H groups in total. The summed E-state index contributed by atoms with van der Waals surface area (Å²) in [5.74, 6) is 0.677. The maximum atomic E-state index is 6.75. The summed E-state index contributed by atoms with van der Waals surface area (Å²) >= 11 is 0. The monoisotopic (exact) mass is 816 g/mol. The lowest BCUT2D eigenvalue weighted by molar-refractivity contribution is 0.669. The summed E-state index contributed by atoms with van der Waals surface area (Å²) in [4.78, 5) is 15.8. The van der Waals surface area contributed by atoms with Crippen LogP contribution in [0.25, 0.3) is 127 Å². The van der Waals surface area contributed by atoms with Crippen molar-refractivity contribution in [1.82, 2.24) is 19.5 Å². The summed E-state index contributed by atoms with van der Waals surface area (Å²) < 4.78 is 9.09. The van der Waals surface area contributed by atoms with E-state index in [-0.39, 0.29) is 0 Å². The second-order valence-corrected chi connectivity index (χ2v) is 16.3. The van der Waals surface area contributed by atoms with Crippen LogP contribution in [0, 0.1) is 0 Å². The molecular formula is C59H36N4O. The Morgan fingerprint density at radius 3 is 1.77 bits per heavy atom. The van der Waals surface area contributed by atoms with Crippen molar-refractivity contribution in [2.24, 2.45) is 0 Å². The molecular weight excluding hydrogens is 781 g/mol. The Morgan fingerprint density at radius 1 is 0.375 bits per heavy atom. The minimum absolute atomic E-state index is 0.677. The van der Waals surface area contributed by atoms with E-state index in [1.807, 2.05) is 30.3 Å². The molecule has 0 unspecified atom stereocenters. The molecule has 9 aromatic carbocycles. The van der Waals surface area contributed by atoms with Gasteiger partial charge in [0.25, 0.3) is 0 Å². The number of hydrogen-bond donors (Lipinski definition) is 0.